The van der Waals surface area contributed by atoms with Gasteiger partial charge >= 0.3 is 0 Å². The summed E-state index contributed by atoms with van der Waals surface area (Å²) in [6.07, 6.45) is 2.14. The Balaban J connectivity index is 1.42. The highest BCUT2D eigenvalue weighted by atomic mass is 32.1. The van der Waals surface area contributed by atoms with Crippen LogP contribution in [0.4, 0.5) is 15.1 Å². The molecule has 28 heavy (non-hydrogen) atoms. The van der Waals surface area contributed by atoms with Crippen molar-refractivity contribution >= 4 is 34.3 Å². The van der Waals surface area contributed by atoms with Crippen LogP contribution in [0, 0.1) is 5.82 Å². The van der Waals surface area contributed by atoms with Gasteiger partial charge in [-0.2, -0.15) is 0 Å². The number of thiazole rings is 1. The van der Waals surface area contributed by atoms with Crippen molar-refractivity contribution in [3.05, 3.63) is 40.3 Å². The first-order chi connectivity index (χ1) is 13.6. The third-order valence-corrected chi connectivity index (χ3v) is 6.54. The van der Waals surface area contributed by atoms with Gasteiger partial charge in [0.25, 0.3) is 5.91 Å². The third-order valence-electron chi connectivity index (χ3n) is 5.55. The molecule has 1 atom stereocenters. The second-order valence-electron chi connectivity index (χ2n) is 7.34. The number of nitrogens with one attached hydrogen (secondary N) is 1. The van der Waals surface area contributed by atoms with E-state index in [9.17, 15) is 9.18 Å². The largest absolute Gasteiger partial charge is 0.344 e. The molecular weight excluding hydrogens is 379 g/mol. The van der Waals surface area contributed by atoms with E-state index in [2.05, 4.69) is 32.1 Å². The molecule has 4 heterocycles. The van der Waals surface area contributed by atoms with Gasteiger partial charge in [0, 0.05) is 38.4 Å². The van der Waals surface area contributed by atoms with Gasteiger partial charge in [-0.3, -0.25) is 4.79 Å². The van der Waals surface area contributed by atoms with Crippen molar-refractivity contribution in [3.63, 3.8) is 0 Å². The van der Waals surface area contributed by atoms with Crippen LogP contribution >= 0.6 is 11.3 Å². The molecule has 1 saturated heterocycles. The van der Waals surface area contributed by atoms with E-state index in [0.29, 0.717) is 5.01 Å². The van der Waals surface area contributed by atoms with Crippen LogP contribution in [0.2, 0.25) is 0 Å². The number of carbonyl (C=O) groups excluding carboxylic acids is 1. The summed E-state index contributed by atoms with van der Waals surface area (Å²) >= 11 is 1.38. The summed E-state index contributed by atoms with van der Waals surface area (Å²) in [7, 11) is 2.07. The maximum absolute atomic E-state index is 13.5. The highest BCUT2D eigenvalue weighted by Gasteiger charge is 2.34. The minimum absolute atomic E-state index is 0.0167. The Bertz CT molecular complexity index is 952. The molecule has 0 spiro atoms. The normalized spacial score (nSPS) is 21.4. The summed E-state index contributed by atoms with van der Waals surface area (Å²) in [6.45, 7) is 3.94. The van der Waals surface area contributed by atoms with Crippen molar-refractivity contribution < 1.29 is 9.18 Å². The van der Waals surface area contributed by atoms with Gasteiger partial charge in [0.15, 0.2) is 11.2 Å². The summed E-state index contributed by atoms with van der Waals surface area (Å²) in [5.74, 6) is -0.235. The van der Waals surface area contributed by atoms with E-state index in [0.717, 1.165) is 61.1 Å². The lowest BCUT2D eigenvalue weighted by atomic mass is 10.1. The van der Waals surface area contributed by atoms with Crippen LogP contribution in [0.3, 0.4) is 0 Å². The molecule has 1 aromatic carbocycles. The Labute approximate surface area is 166 Å². The van der Waals surface area contributed by atoms with Gasteiger partial charge < -0.3 is 20.0 Å². The summed E-state index contributed by atoms with van der Waals surface area (Å²) in [5.41, 5.74) is 2.73. The molecule has 7 nitrogen and oxygen atoms in total. The quantitative estimate of drug-likeness (QED) is 0.837. The molecule has 0 aliphatic carbocycles. The first-order valence-electron chi connectivity index (χ1n) is 9.42. The van der Waals surface area contributed by atoms with Gasteiger partial charge in [-0.15, -0.1) is 0 Å². The molecule has 1 N–H and O–H groups in total. The molecule has 5 rings (SSSR count). The maximum atomic E-state index is 13.5. The standard InChI is InChI=1S/C19H21FN6OS/c1-24-6-8-25(9-7-24)19(27)18-23-15-16(21-11-22-17(15)28-18)26-5-4-12-10-13(20)2-3-14(12)26/h2-3,10-11,16H,4-9H2,1H3,(H,21,22). The third kappa shape index (κ3) is 2.94. The summed E-state index contributed by atoms with van der Waals surface area (Å²) in [5, 5.41) is 4.48. The smallest absolute Gasteiger partial charge is 0.283 e. The van der Waals surface area contributed by atoms with E-state index < -0.39 is 0 Å². The lowest BCUT2D eigenvalue weighted by molar-refractivity contribution is 0.0663. The molecule has 3 aliphatic heterocycles. The van der Waals surface area contributed by atoms with Crippen molar-refractivity contribution in [1.29, 1.82) is 0 Å². The molecule has 9 heteroatoms. The number of benzene rings is 1. The fourth-order valence-corrected chi connectivity index (χ4v) is 4.88. The van der Waals surface area contributed by atoms with Crippen LogP contribution < -0.4 is 10.2 Å². The van der Waals surface area contributed by atoms with E-state index in [1.165, 1.54) is 17.4 Å². The minimum Gasteiger partial charge on any atom is -0.344 e. The Morgan fingerprint density at radius 2 is 2.07 bits per heavy atom. The molecule has 1 fully saturated rings. The fourth-order valence-electron chi connectivity index (χ4n) is 3.96. The Hall–Kier alpha value is -2.52. The number of fused-ring (bicyclic) bond motifs is 2. The predicted octanol–water partition coefficient (Wildman–Crippen LogP) is 2.18. The monoisotopic (exact) mass is 400 g/mol. The number of carbonyl (C=O) groups is 1. The molecule has 3 aliphatic rings. The molecule has 0 bridgehead atoms. The molecular formula is C19H21FN6OS. The van der Waals surface area contributed by atoms with Gasteiger partial charge in [-0.25, -0.2) is 14.4 Å². The van der Waals surface area contributed by atoms with Crippen molar-refractivity contribution in [3.8, 4) is 0 Å². The van der Waals surface area contributed by atoms with E-state index in [1.54, 1.807) is 18.5 Å². The van der Waals surface area contributed by atoms with E-state index in [-0.39, 0.29) is 17.9 Å². The zero-order valence-electron chi connectivity index (χ0n) is 15.6. The van der Waals surface area contributed by atoms with Gasteiger partial charge in [-0.05, 0) is 37.2 Å². The second-order valence-corrected chi connectivity index (χ2v) is 8.34. The lowest BCUT2D eigenvalue weighted by Crippen LogP contribution is -2.47. The van der Waals surface area contributed by atoms with Gasteiger partial charge in [0.05, 0.1) is 6.34 Å². The number of piperazine rings is 1. The molecule has 2 aromatic rings. The van der Waals surface area contributed by atoms with E-state index >= 15 is 0 Å². The lowest BCUT2D eigenvalue weighted by Gasteiger charge is -2.31. The number of aliphatic imine (C=N–C) groups is 1. The number of amides is 1. The van der Waals surface area contributed by atoms with Crippen molar-refractivity contribution in [2.45, 2.75) is 12.6 Å². The zero-order valence-corrected chi connectivity index (χ0v) is 16.4. The molecule has 146 valence electrons. The van der Waals surface area contributed by atoms with Crippen LogP contribution in [0.15, 0.2) is 23.2 Å². The Morgan fingerprint density at radius 3 is 2.89 bits per heavy atom. The number of nitrogens with zero attached hydrogens (tertiary/aromatic N) is 5. The van der Waals surface area contributed by atoms with Crippen LogP contribution in [-0.4, -0.2) is 66.8 Å². The van der Waals surface area contributed by atoms with E-state index in [4.69, 9.17) is 0 Å². The van der Waals surface area contributed by atoms with Crippen molar-refractivity contribution in [1.82, 2.24) is 14.8 Å². The number of rotatable bonds is 2. The molecule has 1 unspecified atom stereocenters. The summed E-state index contributed by atoms with van der Waals surface area (Å²) in [6, 6.07) is 4.87. The number of aromatic nitrogens is 1. The zero-order chi connectivity index (χ0) is 19.3. The van der Waals surface area contributed by atoms with Crippen LogP contribution in [0.1, 0.15) is 27.2 Å². The first-order valence-corrected chi connectivity index (χ1v) is 10.2. The number of halogens is 1. The minimum atomic E-state index is -0.298. The van der Waals surface area contributed by atoms with Gasteiger partial charge in [0.2, 0.25) is 0 Å². The highest BCUT2D eigenvalue weighted by molar-refractivity contribution is 7.17. The van der Waals surface area contributed by atoms with Crippen LogP contribution in [-0.2, 0) is 6.42 Å². The number of anilines is 2. The summed E-state index contributed by atoms with van der Waals surface area (Å²) in [4.78, 5) is 28.4. The Kier molecular flexibility index (Phi) is 4.28. The van der Waals surface area contributed by atoms with E-state index in [1.807, 2.05) is 4.90 Å². The van der Waals surface area contributed by atoms with Gasteiger partial charge in [-0.1, -0.05) is 11.3 Å². The topological polar surface area (TPSA) is 64.1 Å². The maximum Gasteiger partial charge on any atom is 0.283 e. The first kappa shape index (κ1) is 17.6. The SMILES string of the molecule is CN1CCN(C(=O)c2nc3c(s2)NC=NC3N2CCc3cc(F)ccc32)CC1. The highest BCUT2D eigenvalue weighted by Crippen LogP contribution is 2.41. The van der Waals surface area contributed by atoms with Crippen LogP contribution in [0.25, 0.3) is 0 Å². The molecule has 1 amide bonds. The molecule has 0 saturated carbocycles. The van der Waals surface area contributed by atoms with Crippen molar-refractivity contribution in [2.24, 2.45) is 4.99 Å². The van der Waals surface area contributed by atoms with Gasteiger partial charge in [0.1, 0.15) is 16.5 Å². The summed E-state index contributed by atoms with van der Waals surface area (Å²) < 4.78 is 13.5. The fraction of sp³-hybridized carbons (Fsp3) is 0.421. The number of likely N-dealkylation sites (N-methyl/N-ethyl adjacent to an activating group) is 1. The van der Waals surface area contributed by atoms with Crippen molar-refractivity contribution in [2.75, 3.05) is 50.0 Å². The molecule has 1 aromatic heterocycles. The number of hydrogen-bond donors (Lipinski definition) is 1. The average molecular weight is 400 g/mol. The molecule has 0 radical (unpaired) electrons. The average Bonchev–Trinajstić information content (AvgIpc) is 3.31. The second kappa shape index (κ2) is 6.82. The Morgan fingerprint density at radius 1 is 1.25 bits per heavy atom. The van der Waals surface area contributed by atoms with Crippen LogP contribution in [0.5, 0.6) is 0 Å². The number of hydrogen-bond acceptors (Lipinski definition) is 7. The predicted molar refractivity (Wildman–Crippen MR) is 108 cm³/mol.